The number of aromatic amines is 1. The minimum Gasteiger partial charge on any atom is -0.288 e. The van der Waals surface area contributed by atoms with Crippen LogP contribution < -0.4 is 16.5 Å². The van der Waals surface area contributed by atoms with E-state index in [1.807, 2.05) is 0 Å². The summed E-state index contributed by atoms with van der Waals surface area (Å²) in [6.07, 6.45) is 0. The zero-order valence-corrected chi connectivity index (χ0v) is 11.1. The van der Waals surface area contributed by atoms with Gasteiger partial charge in [-0.05, 0) is 19.7 Å². The van der Waals surface area contributed by atoms with Gasteiger partial charge >= 0.3 is 0 Å². The van der Waals surface area contributed by atoms with Crippen molar-refractivity contribution in [3.63, 3.8) is 0 Å². The lowest BCUT2D eigenvalue weighted by Crippen LogP contribution is -2.35. The average Bonchev–Trinajstić information content (AvgIpc) is 2.96. The van der Waals surface area contributed by atoms with Gasteiger partial charge in [0.2, 0.25) is 0 Å². The molecule has 1 aromatic rings. The quantitative estimate of drug-likeness (QED) is 0.415. The van der Waals surface area contributed by atoms with E-state index in [1.54, 1.807) is 41.2 Å². The Bertz CT molecular complexity index is 327. The first-order valence-corrected chi connectivity index (χ1v) is 9.23. The Balaban J connectivity index is 1.46. The Kier molecular flexibility index (Phi) is 5.41. The summed E-state index contributed by atoms with van der Waals surface area (Å²) in [5.74, 6) is 3.18. The van der Waals surface area contributed by atoms with Crippen LogP contribution in [0.1, 0.15) is 5.82 Å². The fraction of sp³-hybridized carbons (Fsp3) is 0.500. The second-order valence-electron chi connectivity index (χ2n) is 2.41. The summed E-state index contributed by atoms with van der Waals surface area (Å²) in [5.41, 5.74) is 8.16. The van der Waals surface area contributed by atoms with Crippen molar-refractivity contribution in [1.29, 1.82) is 0 Å². The molecule has 88 valence electrons. The molecule has 0 bridgehead atoms. The number of tetrazole rings is 1. The minimum atomic E-state index is 0.721. The van der Waals surface area contributed by atoms with Crippen LogP contribution in [-0.2, 0) is 5.75 Å². The van der Waals surface area contributed by atoms with E-state index < -0.39 is 0 Å². The summed E-state index contributed by atoms with van der Waals surface area (Å²) >= 11 is 0. The van der Waals surface area contributed by atoms with Crippen molar-refractivity contribution in [3.05, 3.63) is 5.82 Å². The second kappa shape index (κ2) is 7.11. The van der Waals surface area contributed by atoms with Crippen molar-refractivity contribution in [2.75, 3.05) is 5.75 Å². The van der Waals surface area contributed by atoms with Crippen LogP contribution in [0.4, 0.5) is 0 Å². The lowest BCUT2D eigenvalue weighted by Gasteiger charge is -1.98. The van der Waals surface area contributed by atoms with Gasteiger partial charge in [0.1, 0.15) is 5.84 Å². The lowest BCUT2D eigenvalue weighted by atomic mass is 10.7. The van der Waals surface area contributed by atoms with E-state index in [9.17, 15) is 0 Å². The molecule has 12 heteroatoms. The number of aromatic nitrogens is 4. The highest BCUT2D eigenvalue weighted by molar-refractivity contribution is 9.26. The van der Waals surface area contributed by atoms with Gasteiger partial charge < -0.3 is 0 Å². The molecule has 0 saturated carbocycles. The number of hydrogen-bond donors (Lipinski definition) is 4. The summed E-state index contributed by atoms with van der Waals surface area (Å²) in [4.78, 5) is 0. The van der Waals surface area contributed by atoms with Crippen molar-refractivity contribution in [2.24, 2.45) is 5.10 Å². The Morgan fingerprint density at radius 1 is 1.12 bits per heavy atom. The highest BCUT2D eigenvalue weighted by Crippen LogP contribution is 2.43. The molecule has 1 aliphatic heterocycles. The predicted octanol–water partition coefficient (Wildman–Crippen LogP) is 0.303. The molecule has 2 heterocycles. The predicted molar refractivity (Wildman–Crippen MR) is 70.0 cm³/mol. The van der Waals surface area contributed by atoms with Gasteiger partial charge in [-0.2, -0.15) is 5.21 Å². The number of rotatable bonds is 7. The maximum Gasteiger partial charge on any atom is 0.185 e. The third kappa shape index (κ3) is 4.29. The van der Waals surface area contributed by atoms with Crippen molar-refractivity contribution in [2.45, 2.75) is 5.75 Å². The number of nitrogens with one attached hydrogen (secondary N) is 4. The molecule has 0 saturated heterocycles. The van der Waals surface area contributed by atoms with Crippen LogP contribution in [0.15, 0.2) is 5.10 Å². The molecule has 0 amide bonds. The Labute approximate surface area is 106 Å². The first-order chi connectivity index (χ1) is 7.95. The van der Waals surface area contributed by atoms with Crippen molar-refractivity contribution in [3.8, 4) is 0 Å². The van der Waals surface area contributed by atoms with Crippen LogP contribution in [0.25, 0.3) is 0 Å². The van der Waals surface area contributed by atoms with Gasteiger partial charge in [0, 0.05) is 0 Å². The smallest absolute Gasteiger partial charge is 0.185 e. The third-order valence-corrected chi connectivity index (χ3v) is 7.55. The summed E-state index contributed by atoms with van der Waals surface area (Å²) in [7, 11) is 6.77. The van der Waals surface area contributed by atoms with E-state index in [2.05, 4.69) is 42.2 Å². The van der Waals surface area contributed by atoms with Crippen LogP contribution in [0.3, 0.4) is 0 Å². The molecule has 0 unspecified atom stereocenters. The molecule has 0 fully saturated rings. The first-order valence-electron chi connectivity index (χ1n) is 4.08. The maximum absolute atomic E-state index is 3.96. The monoisotopic (exact) mass is 296 g/mol. The number of hydrazine groups is 2. The molecular weight excluding hydrogens is 288 g/mol. The van der Waals surface area contributed by atoms with Gasteiger partial charge in [-0.1, -0.05) is 26.8 Å². The van der Waals surface area contributed by atoms with E-state index >= 15 is 0 Å². The van der Waals surface area contributed by atoms with E-state index in [1.165, 1.54) is 0 Å². The molecule has 2 rings (SSSR count). The SMILES string of the molecule is C(SSSSCc1nn[nH]n1)C1=NNNN1. The molecule has 0 spiro atoms. The molecule has 1 aromatic heterocycles. The molecule has 4 N–H and O–H groups in total. The lowest BCUT2D eigenvalue weighted by molar-refractivity contribution is 0.577. The van der Waals surface area contributed by atoms with E-state index in [-0.39, 0.29) is 0 Å². The molecule has 0 atom stereocenters. The van der Waals surface area contributed by atoms with Gasteiger partial charge in [-0.25, -0.2) is 5.53 Å². The summed E-state index contributed by atoms with van der Waals surface area (Å²) in [6, 6.07) is 0. The van der Waals surface area contributed by atoms with Crippen molar-refractivity contribution in [1.82, 2.24) is 37.1 Å². The van der Waals surface area contributed by atoms with Crippen molar-refractivity contribution >= 4 is 47.1 Å². The van der Waals surface area contributed by atoms with Crippen LogP contribution >= 0.6 is 41.2 Å². The van der Waals surface area contributed by atoms with Crippen molar-refractivity contribution < 1.29 is 0 Å². The van der Waals surface area contributed by atoms with E-state index in [0.29, 0.717) is 0 Å². The summed E-state index contributed by atoms with van der Waals surface area (Å²) in [6.45, 7) is 0. The summed E-state index contributed by atoms with van der Waals surface area (Å²) < 4.78 is 0. The number of nitrogens with zero attached hydrogens (tertiary/aromatic N) is 4. The second-order valence-corrected chi connectivity index (χ2v) is 8.41. The fourth-order valence-corrected chi connectivity index (χ4v) is 6.25. The van der Waals surface area contributed by atoms with Gasteiger partial charge in [0.05, 0.1) is 11.5 Å². The van der Waals surface area contributed by atoms with Crippen LogP contribution in [0.5, 0.6) is 0 Å². The highest BCUT2D eigenvalue weighted by Gasteiger charge is 2.04. The molecule has 0 radical (unpaired) electrons. The number of hydrogen-bond acceptors (Lipinski definition) is 11. The Hall–Kier alpha value is -0.300. The van der Waals surface area contributed by atoms with E-state index in [4.69, 9.17) is 0 Å². The number of H-pyrrole nitrogens is 1. The molecular formula is C4H8N8S4. The molecule has 0 aliphatic carbocycles. The first kappa shape index (κ1) is 12.2. The van der Waals surface area contributed by atoms with Crippen LogP contribution in [0, 0.1) is 0 Å². The largest absolute Gasteiger partial charge is 0.288 e. The maximum atomic E-state index is 3.96. The molecule has 16 heavy (non-hydrogen) atoms. The standard InChI is InChI=1S/C4H8N8S4/c1(3-5-9-10-6-3)13-15-16-14-2-4-7-11-12-8-4/h9-10H,1-2H2,(H,5,6)(H,7,8,11,12). The Morgan fingerprint density at radius 2 is 2.00 bits per heavy atom. The molecule has 8 nitrogen and oxygen atoms in total. The Morgan fingerprint density at radius 3 is 2.69 bits per heavy atom. The summed E-state index contributed by atoms with van der Waals surface area (Å²) in [5, 5.41) is 17.6. The molecule has 0 aromatic carbocycles. The normalized spacial score (nSPS) is 14.4. The fourth-order valence-electron chi connectivity index (χ4n) is 0.731. The van der Waals surface area contributed by atoms with Gasteiger partial charge in [-0.3, -0.25) is 5.43 Å². The highest BCUT2D eigenvalue weighted by atomic mass is 33.7. The third-order valence-electron chi connectivity index (χ3n) is 1.35. The zero-order chi connectivity index (χ0) is 11.1. The topological polar surface area (TPSA) is 103 Å². The zero-order valence-electron chi connectivity index (χ0n) is 7.84. The van der Waals surface area contributed by atoms with Crippen LogP contribution in [0.2, 0.25) is 0 Å². The minimum absolute atomic E-state index is 0.721. The van der Waals surface area contributed by atoms with E-state index in [0.717, 1.165) is 23.2 Å². The average molecular weight is 296 g/mol. The van der Waals surface area contributed by atoms with Gasteiger partial charge in [-0.15, -0.1) is 20.8 Å². The molecule has 1 aliphatic rings. The number of amidine groups is 1. The van der Waals surface area contributed by atoms with Crippen LogP contribution in [-0.4, -0.2) is 32.2 Å². The van der Waals surface area contributed by atoms with Gasteiger partial charge in [0.15, 0.2) is 5.82 Å². The van der Waals surface area contributed by atoms with Gasteiger partial charge in [0.25, 0.3) is 0 Å². The number of hydrazone groups is 1.